The molecule has 0 aliphatic heterocycles. The van der Waals surface area contributed by atoms with Crippen LogP contribution < -0.4 is 0 Å². The molecule has 0 bridgehead atoms. The van der Waals surface area contributed by atoms with E-state index in [4.69, 9.17) is 4.74 Å². The van der Waals surface area contributed by atoms with E-state index in [2.05, 4.69) is 22.6 Å². The van der Waals surface area contributed by atoms with Crippen molar-refractivity contribution in [3.05, 3.63) is 35.6 Å². The second-order valence-electron chi connectivity index (χ2n) is 2.43. The van der Waals surface area contributed by atoms with E-state index in [9.17, 15) is 4.39 Å². The van der Waals surface area contributed by atoms with Crippen molar-refractivity contribution in [1.29, 1.82) is 0 Å². The Hall–Kier alpha value is -0.160. The number of ether oxygens (including phenoxy) is 1. The number of benzene rings is 1. The van der Waals surface area contributed by atoms with E-state index in [-0.39, 0.29) is 11.9 Å². The van der Waals surface area contributed by atoms with Gasteiger partial charge in [0.05, 0.1) is 6.10 Å². The molecule has 0 aliphatic carbocycles. The Labute approximate surface area is 85.1 Å². The molecule has 0 saturated heterocycles. The fourth-order valence-electron chi connectivity index (χ4n) is 0.966. The average Bonchev–Trinajstić information content (AvgIpc) is 2.10. The zero-order valence-electron chi connectivity index (χ0n) is 6.76. The van der Waals surface area contributed by atoms with Crippen LogP contribution in [0, 0.1) is 5.82 Å². The van der Waals surface area contributed by atoms with Crippen LogP contribution >= 0.6 is 22.6 Å². The molecule has 3 heteroatoms. The minimum absolute atomic E-state index is 0.0752. The Kier molecular flexibility index (Phi) is 3.94. The summed E-state index contributed by atoms with van der Waals surface area (Å²) in [5.74, 6) is -0.206. The van der Waals surface area contributed by atoms with Gasteiger partial charge < -0.3 is 4.74 Å². The van der Waals surface area contributed by atoms with Crippen LogP contribution in [-0.4, -0.2) is 11.5 Å². The lowest BCUT2D eigenvalue weighted by atomic mass is 10.1. The predicted molar refractivity (Wildman–Crippen MR) is 55.0 cm³/mol. The molecule has 66 valence electrons. The highest BCUT2D eigenvalue weighted by molar-refractivity contribution is 14.1. The number of rotatable bonds is 3. The van der Waals surface area contributed by atoms with Crippen LogP contribution in [0.3, 0.4) is 0 Å². The standard InChI is InChI=1S/C9H10FIO/c1-12-9(6-11)7-2-4-8(10)5-3-7/h2-5,9H,6H2,1H3. The Bertz CT molecular complexity index is 231. The van der Waals surface area contributed by atoms with Gasteiger partial charge in [-0.2, -0.15) is 0 Å². The molecule has 0 N–H and O–H groups in total. The number of halogens is 2. The van der Waals surface area contributed by atoms with Crippen molar-refractivity contribution in [2.45, 2.75) is 6.10 Å². The van der Waals surface area contributed by atoms with Crippen molar-refractivity contribution in [1.82, 2.24) is 0 Å². The molecule has 1 atom stereocenters. The Morgan fingerprint density at radius 3 is 2.42 bits per heavy atom. The minimum atomic E-state index is -0.206. The Balaban J connectivity index is 2.80. The first kappa shape index (κ1) is 9.92. The second kappa shape index (κ2) is 4.77. The fraction of sp³-hybridized carbons (Fsp3) is 0.333. The highest BCUT2D eigenvalue weighted by Crippen LogP contribution is 2.18. The van der Waals surface area contributed by atoms with E-state index in [1.165, 1.54) is 12.1 Å². The van der Waals surface area contributed by atoms with Gasteiger partial charge in [-0.15, -0.1) is 0 Å². The SMILES string of the molecule is COC(CI)c1ccc(F)cc1. The summed E-state index contributed by atoms with van der Waals surface area (Å²) in [4.78, 5) is 0. The first-order valence-electron chi connectivity index (χ1n) is 3.62. The molecule has 0 aliphatic rings. The molecule has 0 heterocycles. The zero-order chi connectivity index (χ0) is 8.97. The monoisotopic (exact) mass is 280 g/mol. The van der Waals surface area contributed by atoms with Gasteiger partial charge in [-0.3, -0.25) is 0 Å². The van der Waals surface area contributed by atoms with E-state index < -0.39 is 0 Å². The summed E-state index contributed by atoms with van der Waals surface area (Å²) >= 11 is 2.24. The second-order valence-corrected chi connectivity index (χ2v) is 3.31. The van der Waals surface area contributed by atoms with E-state index in [1.807, 2.05) is 0 Å². The maximum atomic E-state index is 12.5. The van der Waals surface area contributed by atoms with Crippen LogP contribution in [0.4, 0.5) is 4.39 Å². The first-order valence-corrected chi connectivity index (χ1v) is 5.14. The molecule has 1 aromatic rings. The summed E-state index contributed by atoms with van der Waals surface area (Å²) in [5, 5.41) is 0. The van der Waals surface area contributed by atoms with E-state index in [0.717, 1.165) is 9.99 Å². The predicted octanol–water partition coefficient (Wildman–Crippen LogP) is 2.95. The van der Waals surface area contributed by atoms with Crippen molar-refractivity contribution < 1.29 is 9.13 Å². The normalized spacial score (nSPS) is 12.9. The van der Waals surface area contributed by atoms with Crippen molar-refractivity contribution in [3.8, 4) is 0 Å². The van der Waals surface area contributed by atoms with Gasteiger partial charge in [0.2, 0.25) is 0 Å². The molecule has 1 aromatic carbocycles. The maximum Gasteiger partial charge on any atom is 0.123 e. The van der Waals surface area contributed by atoms with Gasteiger partial charge in [-0.25, -0.2) is 4.39 Å². The Morgan fingerprint density at radius 2 is 2.00 bits per heavy atom. The van der Waals surface area contributed by atoms with Crippen molar-refractivity contribution in [2.24, 2.45) is 0 Å². The largest absolute Gasteiger partial charge is 0.376 e. The van der Waals surface area contributed by atoms with Gasteiger partial charge in [0.1, 0.15) is 5.82 Å². The zero-order valence-corrected chi connectivity index (χ0v) is 8.92. The van der Waals surface area contributed by atoms with Crippen LogP contribution in [0.25, 0.3) is 0 Å². The third-order valence-electron chi connectivity index (χ3n) is 1.67. The lowest BCUT2D eigenvalue weighted by molar-refractivity contribution is 0.126. The smallest absolute Gasteiger partial charge is 0.123 e. The maximum absolute atomic E-state index is 12.5. The number of hydrogen-bond acceptors (Lipinski definition) is 1. The molecule has 0 fully saturated rings. The van der Waals surface area contributed by atoms with E-state index in [0.29, 0.717) is 0 Å². The summed E-state index contributed by atoms with van der Waals surface area (Å²) in [6.07, 6.45) is 0.0752. The van der Waals surface area contributed by atoms with Crippen LogP contribution in [0.15, 0.2) is 24.3 Å². The van der Waals surface area contributed by atoms with Gasteiger partial charge in [-0.1, -0.05) is 34.7 Å². The topological polar surface area (TPSA) is 9.23 Å². The van der Waals surface area contributed by atoms with E-state index >= 15 is 0 Å². The van der Waals surface area contributed by atoms with Gasteiger partial charge in [0, 0.05) is 11.5 Å². The molecule has 0 spiro atoms. The summed E-state index contributed by atoms with van der Waals surface area (Å²) in [7, 11) is 1.66. The molecule has 1 rings (SSSR count). The number of hydrogen-bond donors (Lipinski definition) is 0. The van der Waals surface area contributed by atoms with Gasteiger partial charge in [-0.05, 0) is 17.7 Å². The molecule has 0 aromatic heterocycles. The number of methoxy groups -OCH3 is 1. The lowest BCUT2D eigenvalue weighted by Gasteiger charge is -2.11. The molecule has 0 amide bonds. The molecule has 0 radical (unpaired) electrons. The molecular weight excluding hydrogens is 270 g/mol. The summed E-state index contributed by atoms with van der Waals surface area (Å²) < 4.78 is 18.6. The van der Waals surface area contributed by atoms with Crippen LogP contribution in [0.2, 0.25) is 0 Å². The van der Waals surface area contributed by atoms with Crippen LogP contribution in [0.1, 0.15) is 11.7 Å². The van der Waals surface area contributed by atoms with Crippen molar-refractivity contribution in [3.63, 3.8) is 0 Å². The third-order valence-corrected chi connectivity index (χ3v) is 2.47. The molecule has 1 unspecified atom stereocenters. The fourth-order valence-corrected chi connectivity index (χ4v) is 1.83. The molecule has 1 nitrogen and oxygen atoms in total. The van der Waals surface area contributed by atoms with Gasteiger partial charge in [0.25, 0.3) is 0 Å². The molecule has 12 heavy (non-hydrogen) atoms. The van der Waals surface area contributed by atoms with Gasteiger partial charge in [0.15, 0.2) is 0 Å². The third kappa shape index (κ3) is 2.42. The first-order chi connectivity index (χ1) is 5.77. The van der Waals surface area contributed by atoms with Crippen LogP contribution in [-0.2, 0) is 4.74 Å². The van der Waals surface area contributed by atoms with Gasteiger partial charge >= 0.3 is 0 Å². The van der Waals surface area contributed by atoms with Crippen LogP contribution in [0.5, 0.6) is 0 Å². The van der Waals surface area contributed by atoms with E-state index in [1.54, 1.807) is 19.2 Å². The summed E-state index contributed by atoms with van der Waals surface area (Å²) in [6, 6.07) is 6.41. The highest BCUT2D eigenvalue weighted by Gasteiger charge is 2.07. The molecular formula is C9H10FIO. The number of alkyl halides is 1. The Morgan fingerprint density at radius 1 is 1.42 bits per heavy atom. The average molecular weight is 280 g/mol. The van der Waals surface area contributed by atoms with Crippen molar-refractivity contribution >= 4 is 22.6 Å². The van der Waals surface area contributed by atoms with Crippen molar-refractivity contribution in [2.75, 3.05) is 11.5 Å². The molecule has 0 saturated carbocycles. The lowest BCUT2D eigenvalue weighted by Crippen LogP contribution is -2.01. The summed E-state index contributed by atoms with van der Waals surface area (Å²) in [6.45, 7) is 0. The quantitative estimate of drug-likeness (QED) is 0.611. The highest BCUT2D eigenvalue weighted by atomic mass is 127. The summed E-state index contributed by atoms with van der Waals surface area (Å²) in [5.41, 5.74) is 1.02. The minimum Gasteiger partial charge on any atom is -0.376 e.